The number of carbonyl (C=O) groups excluding carboxylic acids is 1. The number of hydrogen-bond donors (Lipinski definition) is 2. The molecule has 0 aliphatic heterocycles. The third-order valence-electron chi connectivity index (χ3n) is 4.20. The number of rotatable bonds is 5. The van der Waals surface area contributed by atoms with Crippen molar-refractivity contribution in [1.82, 2.24) is 4.98 Å². The molecule has 0 saturated heterocycles. The number of hydrogen-bond acceptors (Lipinski definition) is 3. The van der Waals surface area contributed by atoms with Gasteiger partial charge in [-0.3, -0.25) is 0 Å². The molecule has 0 spiro atoms. The van der Waals surface area contributed by atoms with Crippen LogP contribution in [0.15, 0.2) is 60.8 Å². The zero-order chi connectivity index (χ0) is 20.1. The van der Waals surface area contributed by atoms with E-state index in [-0.39, 0.29) is 0 Å². The maximum Gasteiger partial charge on any atom is 0.323 e. The number of urea groups is 1. The van der Waals surface area contributed by atoms with Crippen molar-refractivity contribution in [2.75, 3.05) is 10.6 Å². The molecule has 0 aliphatic rings. The van der Waals surface area contributed by atoms with Crippen LogP contribution in [0.25, 0.3) is 0 Å². The van der Waals surface area contributed by atoms with Gasteiger partial charge in [-0.05, 0) is 54.3 Å². The molecule has 2 aromatic carbocycles. The summed E-state index contributed by atoms with van der Waals surface area (Å²) in [4.78, 5) is 16.7. The Bertz CT molecular complexity index is 989. The molecular formula is C22H22ClN3O2. The number of amides is 2. The topological polar surface area (TPSA) is 63.2 Å². The molecule has 0 aliphatic carbocycles. The third-order valence-corrected chi connectivity index (χ3v) is 4.60. The van der Waals surface area contributed by atoms with Gasteiger partial charge in [-0.25, -0.2) is 9.78 Å². The Morgan fingerprint density at radius 2 is 1.86 bits per heavy atom. The molecule has 3 aromatic rings. The van der Waals surface area contributed by atoms with Crippen molar-refractivity contribution in [3.8, 4) is 11.6 Å². The van der Waals surface area contributed by atoms with Crippen LogP contribution >= 0.6 is 11.6 Å². The van der Waals surface area contributed by atoms with Gasteiger partial charge in [-0.1, -0.05) is 49.7 Å². The Labute approximate surface area is 169 Å². The van der Waals surface area contributed by atoms with Crippen molar-refractivity contribution in [1.29, 1.82) is 0 Å². The smallest absolute Gasteiger partial charge is 0.323 e. The Morgan fingerprint density at radius 1 is 1.07 bits per heavy atom. The van der Waals surface area contributed by atoms with Gasteiger partial charge in [-0.2, -0.15) is 0 Å². The first-order valence-electron chi connectivity index (χ1n) is 9.00. The highest BCUT2D eigenvalue weighted by Crippen LogP contribution is 2.32. The van der Waals surface area contributed by atoms with Crippen molar-refractivity contribution in [3.63, 3.8) is 0 Å². The lowest BCUT2D eigenvalue weighted by Crippen LogP contribution is -2.20. The van der Waals surface area contributed by atoms with E-state index in [1.165, 1.54) is 0 Å². The molecule has 0 saturated carbocycles. The van der Waals surface area contributed by atoms with Gasteiger partial charge in [0.05, 0.1) is 0 Å². The fraction of sp³-hybridized carbons (Fsp3) is 0.182. The highest BCUT2D eigenvalue weighted by atomic mass is 35.5. The average Bonchev–Trinajstić information content (AvgIpc) is 2.66. The number of aryl methyl sites for hydroxylation is 1. The molecule has 0 bridgehead atoms. The summed E-state index contributed by atoms with van der Waals surface area (Å²) < 4.78 is 6.01. The summed E-state index contributed by atoms with van der Waals surface area (Å²) in [5, 5.41) is 6.13. The first-order valence-corrected chi connectivity index (χ1v) is 9.38. The van der Waals surface area contributed by atoms with Crippen LogP contribution in [0.4, 0.5) is 16.2 Å². The number of para-hydroxylation sites is 1. The zero-order valence-electron chi connectivity index (χ0n) is 16.0. The maximum atomic E-state index is 12.4. The molecule has 2 amide bonds. The van der Waals surface area contributed by atoms with Gasteiger partial charge in [0.15, 0.2) is 0 Å². The van der Waals surface area contributed by atoms with Crippen molar-refractivity contribution < 1.29 is 9.53 Å². The Kier molecular flexibility index (Phi) is 6.16. The van der Waals surface area contributed by atoms with E-state index >= 15 is 0 Å². The summed E-state index contributed by atoms with van der Waals surface area (Å²) in [5.41, 5.74) is 3.08. The molecule has 3 rings (SSSR count). The van der Waals surface area contributed by atoms with Gasteiger partial charge in [0, 0.05) is 16.9 Å². The van der Waals surface area contributed by atoms with Crippen LogP contribution in [0.2, 0.25) is 5.02 Å². The van der Waals surface area contributed by atoms with E-state index in [9.17, 15) is 4.79 Å². The monoisotopic (exact) mass is 395 g/mol. The number of aromatic nitrogens is 1. The lowest BCUT2D eigenvalue weighted by molar-refractivity contribution is 0.262. The minimum Gasteiger partial charge on any atom is -0.437 e. The van der Waals surface area contributed by atoms with Gasteiger partial charge in [0.2, 0.25) is 5.88 Å². The van der Waals surface area contributed by atoms with E-state index in [1.807, 2.05) is 37.3 Å². The van der Waals surface area contributed by atoms with Crippen LogP contribution in [0.1, 0.15) is 30.9 Å². The summed E-state index contributed by atoms with van der Waals surface area (Å²) in [6.07, 6.45) is 1.62. The molecule has 0 fully saturated rings. The molecule has 0 unspecified atom stereocenters. The summed E-state index contributed by atoms with van der Waals surface area (Å²) >= 11 is 6.11. The first-order chi connectivity index (χ1) is 13.4. The maximum absolute atomic E-state index is 12.4. The van der Waals surface area contributed by atoms with Crippen LogP contribution < -0.4 is 15.4 Å². The lowest BCUT2D eigenvalue weighted by Gasteiger charge is -2.15. The number of halogens is 1. The van der Waals surface area contributed by atoms with Crippen molar-refractivity contribution in [2.45, 2.75) is 26.7 Å². The van der Waals surface area contributed by atoms with Gasteiger partial charge in [0.25, 0.3) is 0 Å². The van der Waals surface area contributed by atoms with Crippen molar-refractivity contribution in [2.24, 2.45) is 0 Å². The molecule has 144 valence electrons. The van der Waals surface area contributed by atoms with E-state index in [4.69, 9.17) is 16.3 Å². The van der Waals surface area contributed by atoms with Gasteiger partial charge in [0.1, 0.15) is 11.4 Å². The average molecular weight is 396 g/mol. The predicted molar refractivity (Wildman–Crippen MR) is 114 cm³/mol. The van der Waals surface area contributed by atoms with E-state index in [0.29, 0.717) is 33.9 Å². The summed E-state index contributed by atoms with van der Waals surface area (Å²) in [6, 6.07) is 16.2. The molecule has 0 atom stereocenters. The number of anilines is 2. The summed E-state index contributed by atoms with van der Waals surface area (Å²) in [6.45, 7) is 6.10. The normalized spacial score (nSPS) is 10.6. The number of benzene rings is 2. The highest BCUT2D eigenvalue weighted by molar-refractivity contribution is 6.31. The van der Waals surface area contributed by atoms with Crippen LogP contribution in [0.5, 0.6) is 11.6 Å². The zero-order valence-corrected chi connectivity index (χ0v) is 16.7. The van der Waals surface area contributed by atoms with E-state index in [0.717, 1.165) is 11.1 Å². The first kappa shape index (κ1) is 19.7. The van der Waals surface area contributed by atoms with Gasteiger partial charge in [-0.15, -0.1) is 0 Å². The molecule has 0 radical (unpaired) electrons. The predicted octanol–water partition coefficient (Wildman–Crippen LogP) is 6.60. The third kappa shape index (κ3) is 4.81. The van der Waals surface area contributed by atoms with E-state index in [2.05, 4.69) is 29.5 Å². The summed E-state index contributed by atoms with van der Waals surface area (Å²) in [5.74, 6) is 1.34. The van der Waals surface area contributed by atoms with E-state index < -0.39 is 6.03 Å². The highest BCUT2D eigenvalue weighted by Gasteiger charge is 2.13. The Balaban J connectivity index is 1.77. The molecular weight excluding hydrogens is 374 g/mol. The second kappa shape index (κ2) is 8.76. The lowest BCUT2D eigenvalue weighted by atomic mass is 10.0. The van der Waals surface area contributed by atoms with E-state index in [1.54, 1.807) is 30.5 Å². The molecule has 1 heterocycles. The van der Waals surface area contributed by atoms with Gasteiger partial charge >= 0.3 is 6.03 Å². The largest absolute Gasteiger partial charge is 0.437 e. The molecule has 5 nitrogen and oxygen atoms in total. The second-order valence-corrected chi connectivity index (χ2v) is 7.10. The fourth-order valence-electron chi connectivity index (χ4n) is 2.68. The fourth-order valence-corrected chi connectivity index (χ4v) is 2.86. The van der Waals surface area contributed by atoms with Crippen molar-refractivity contribution in [3.05, 3.63) is 76.9 Å². The molecule has 6 heteroatoms. The Hall–Kier alpha value is -3.05. The van der Waals surface area contributed by atoms with Crippen LogP contribution in [0.3, 0.4) is 0 Å². The summed E-state index contributed by atoms with van der Waals surface area (Å²) in [7, 11) is 0. The SMILES string of the molecule is Cc1ccc(NC(=O)Nc2cccnc2Oc2ccccc2C(C)C)cc1Cl. The number of ether oxygens (including phenoxy) is 1. The minimum absolute atomic E-state index is 0.297. The van der Waals surface area contributed by atoms with Crippen LogP contribution in [0, 0.1) is 6.92 Å². The molecule has 1 aromatic heterocycles. The van der Waals surface area contributed by atoms with Crippen molar-refractivity contribution >= 4 is 29.0 Å². The second-order valence-electron chi connectivity index (χ2n) is 6.69. The number of nitrogens with zero attached hydrogens (tertiary/aromatic N) is 1. The molecule has 28 heavy (non-hydrogen) atoms. The van der Waals surface area contributed by atoms with Gasteiger partial charge < -0.3 is 15.4 Å². The Morgan fingerprint density at radius 3 is 2.61 bits per heavy atom. The number of pyridine rings is 1. The standard InChI is InChI=1S/C22H22ClN3O2/c1-14(2)17-7-4-5-9-20(17)28-21-19(8-6-12-24-21)26-22(27)25-16-11-10-15(3)18(23)13-16/h4-14H,1-3H3,(H2,25,26,27). The quantitative estimate of drug-likeness (QED) is 0.511. The number of nitrogens with one attached hydrogen (secondary N) is 2. The van der Waals surface area contributed by atoms with Crippen LogP contribution in [-0.2, 0) is 0 Å². The van der Waals surface area contributed by atoms with Crippen LogP contribution in [-0.4, -0.2) is 11.0 Å². The minimum atomic E-state index is -0.407. The molecule has 2 N–H and O–H groups in total. The number of carbonyl (C=O) groups is 1.